The summed E-state index contributed by atoms with van der Waals surface area (Å²) in [6.07, 6.45) is 14.0. The molecule has 0 atom stereocenters. The van der Waals surface area contributed by atoms with Crippen molar-refractivity contribution in [3.05, 3.63) is 29.8 Å². The van der Waals surface area contributed by atoms with E-state index in [-0.39, 0.29) is 11.9 Å². The lowest BCUT2D eigenvalue weighted by atomic mass is 9.69. The summed E-state index contributed by atoms with van der Waals surface area (Å²) in [5, 5.41) is 0. The molecule has 26 heavy (non-hydrogen) atoms. The highest BCUT2D eigenvalue weighted by Gasteiger charge is 2.33. The molecule has 0 bridgehead atoms. The summed E-state index contributed by atoms with van der Waals surface area (Å²) in [4.78, 5) is 12.5. The molecule has 0 amide bonds. The largest absolute Gasteiger partial charge is 0.426 e. The summed E-state index contributed by atoms with van der Waals surface area (Å²) in [5.74, 6) is 3.55. The van der Waals surface area contributed by atoms with E-state index in [1.165, 1.54) is 56.9 Å². The van der Waals surface area contributed by atoms with Gasteiger partial charge in [-0.15, -0.1) is 0 Å². The van der Waals surface area contributed by atoms with E-state index in [0.29, 0.717) is 5.75 Å². The third-order valence-corrected chi connectivity index (χ3v) is 6.91. The van der Waals surface area contributed by atoms with Gasteiger partial charge in [0.25, 0.3) is 0 Å². The van der Waals surface area contributed by atoms with Gasteiger partial charge in [-0.1, -0.05) is 51.7 Å². The molecule has 1 aromatic carbocycles. The first kappa shape index (κ1) is 19.5. The van der Waals surface area contributed by atoms with Crippen LogP contribution in [0.25, 0.3) is 0 Å². The molecule has 2 aliphatic rings. The molecule has 0 N–H and O–H groups in total. The summed E-state index contributed by atoms with van der Waals surface area (Å²) in [5.41, 5.74) is 1.28. The molecular formula is C24H36O2. The monoisotopic (exact) mass is 356 g/mol. The number of carbonyl (C=O) groups is 1. The van der Waals surface area contributed by atoms with Gasteiger partial charge in [0.15, 0.2) is 0 Å². The molecule has 0 radical (unpaired) electrons. The minimum absolute atomic E-state index is 0.0145. The number of hydrogen-bond acceptors (Lipinski definition) is 2. The van der Waals surface area contributed by atoms with Crippen molar-refractivity contribution >= 4 is 5.97 Å². The summed E-state index contributed by atoms with van der Waals surface area (Å²) in [6, 6.07) is 7.96. The van der Waals surface area contributed by atoms with E-state index >= 15 is 0 Å². The number of benzene rings is 1. The molecule has 0 aromatic heterocycles. The highest BCUT2D eigenvalue weighted by atomic mass is 16.5. The summed E-state index contributed by atoms with van der Waals surface area (Å²) in [7, 11) is 0. The Bertz CT molecular complexity index is 546. The van der Waals surface area contributed by atoms with E-state index in [0.717, 1.165) is 37.0 Å². The average Bonchev–Trinajstić information content (AvgIpc) is 2.69. The summed E-state index contributed by atoms with van der Waals surface area (Å²) in [6.45, 7) is 4.44. The number of esters is 1. The Kier molecular flexibility index (Phi) is 7.16. The van der Waals surface area contributed by atoms with Crippen molar-refractivity contribution in [1.29, 1.82) is 0 Å². The lowest BCUT2D eigenvalue weighted by Gasteiger charge is -2.37. The Morgan fingerprint density at radius 1 is 0.885 bits per heavy atom. The van der Waals surface area contributed by atoms with Crippen LogP contribution in [0.3, 0.4) is 0 Å². The van der Waals surface area contributed by atoms with Crippen LogP contribution in [0.5, 0.6) is 5.75 Å². The van der Waals surface area contributed by atoms with Crippen LogP contribution in [-0.2, 0) is 11.2 Å². The maximum Gasteiger partial charge on any atom is 0.314 e. The number of hydrogen-bond donors (Lipinski definition) is 0. The summed E-state index contributed by atoms with van der Waals surface area (Å²) < 4.78 is 5.64. The molecule has 3 rings (SSSR count). The standard InChI is InChI=1S/C24H36O2/c1-3-5-19-6-10-20(11-7-19)21-12-14-22(15-13-21)24(25)26-23-16-8-18(4-2)9-17-23/h8-9,16-17,19-22H,3-7,10-15H2,1-2H3. The molecule has 1 aromatic rings. The first-order valence-corrected chi connectivity index (χ1v) is 11.0. The van der Waals surface area contributed by atoms with Crippen LogP contribution in [0.2, 0.25) is 0 Å². The van der Waals surface area contributed by atoms with E-state index in [2.05, 4.69) is 13.8 Å². The van der Waals surface area contributed by atoms with Gasteiger partial charge in [-0.05, 0) is 80.4 Å². The van der Waals surface area contributed by atoms with Crippen LogP contribution in [0.15, 0.2) is 24.3 Å². The molecule has 2 aliphatic carbocycles. The predicted molar refractivity (Wildman–Crippen MR) is 107 cm³/mol. The first-order valence-electron chi connectivity index (χ1n) is 11.0. The van der Waals surface area contributed by atoms with Gasteiger partial charge in [-0.25, -0.2) is 0 Å². The Morgan fingerprint density at radius 2 is 1.46 bits per heavy atom. The lowest BCUT2D eigenvalue weighted by molar-refractivity contribution is -0.140. The third kappa shape index (κ3) is 5.11. The zero-order chi connectivity index (χ0) is 18.4. The maximum atomic E-state index is 12.5. The molecule has 0 spiro atoms. The molecule has 144 valence electrons. The number of rotatable bonds is 6. The van der Waals surface area contributed by atoms with Gasteiger partial charge in [-0.3, -0.25) is 4.79 Å². The van der Waals surface area contributed by atoms with Gasteiger partial charge in [0.1, 0.15) is 5.75 Å². The van der Waals surface area contributed by atoms with Gasteiger partial charge < -0.3 is 4.74 Å². The van der Waals surface area contributed by atoms with Crippen LogP contribution in [-0.4, -0.2) is 5.97 Å². The molecule has 0 unspecified atom stereocenters. The molecule has 2 fully saturated rings. The van der Waals surface area contributed by atoms with Gasteiger partial charge in [0.05, 0.1) is 5.92 Å². The molecule has 0 heterocycles. The van der Waals surface area contributed by atoms with Crippen LogP contribution >= 0.6 is 0 Å². The quantitative estimate of drug-likeness (QED) is 0.426. The van der Waals surface area contributed by atoms with E-state index in [4.69, 9.17) is 4.74 Å². The fourth-order valence-electron chi connectivity index (χ4n) is 5.18. The average molecular weight is 357 g/mol. The Hall–Kier alpha value is -1.31. The van der Waals surface area contributed by atoms with Gasteiger partial charge in [-0.2, -0.15) is 0 Å². The second kappa shape index (κ2) is 9.58. The topological polar surface area (TPSA) is 26.3 Å². The van der Waals surface area contributed by atoms with Crippen molar-refractivity contribution in [3.8, 4) is 5.75 Å². The fourth-order valence-corrected chi connectivity index (χ4v) is 5.18. The number of aryl methyl sites for hydroxylation is 1. The molecule has 2 nitrogen and oxygen atoms in total. The van der Waals surface area contributed by atoms with Crippen LogP contribution in [0.4, 0.5) is 0 Å². The minimum Gasteiger partial charge on any atom is -0.426 e. The number of ether oxygens (including phenoxy) is 1. The Balaban J connectivity index is 1.42. The maximum absolute atomic E-state index is 12.5. The van der Waals surface area contributed by atoms with E-state index in [1.54, 1.807) is 0 Å². The lowest BCUT2D eigenvalue weighted by Crippen LogP contribution is -2.30. The predicted octanol–water partition coefficient (Wildman–Crippen LogP) is 6.57. The van der Waals surface area contributed by atoms with Crippen molar-refractivity contribution in [1.82, 2.24) is 0 Å². The number of carbonyl (C=O) groups excluding carboxylic acids is 1. The van der Waals surface area contributed by atoms with E-state index < -0.39 is 0 Å². The van der Waals surface area contributed by atoms with Crippen molar-refractivity contribution in [3.63, 3.8) is 0 Å². The van der Waals surface area contributed by atoms with Crippen molar-refractivity contribution in [2.75, 3.05) is 0 Å². The van der Waals surface area contributed by atoms with E-state index in [9.17, 15) is 4.79 Å². The summed E-state index contributed by atoms with van der Waals surface area (Å²) >= 11 is 0. The molecule has 0 saturated heterocycles. The van der Waals surface area contributed by atoms with Crippen LogP contribution in [0.1, 0.15) is 83.6 Å². The van der Waals surface area contributed by atoms with Crippen molar-refractivity contribution in [2.45, 2.75) is 84.5 Å². The second-order valence-corrected chi connectivity index (χ2v) is 8.60. The van der Waals surface area contributed by atoms with Crippen LogP contribution < -0.4 is 4.74 Å². The molecular weight excluding hydrogens is 320 g/mol. The smallest absolute Gasteiger partial charge is 0.314 e. The zero-order valence-corrected chi connectivity index (χ0v) is 16.7. The molecule has 2 heteroatoms. The molecule has 2 saturated carbocycles. The normalized spacial score (nSPS) is 29.3. The zero-order valence-electron chi connectivity index (χ0n) is 16.7. The minimum atomic E-state index is -0.0145. The highest BCUT2D eigenvalue weighted by Crippen LogP contribution is 2.42. The van der Waals surface area contributed by atoms with Gasteiger partial charge in [0.2, 0.25) is 0 Å². The third-order valence-electron chi connectivity index (χ3n) is 6.91. The Morgan fingerprint density at radius 3 is 2.00 bits per heavy atom. The highest BCUT2D eigenvalue weighted by molar-refractivity contribution is 5.75. The molecule has 0 aliphatic heterocycles. The van der Waals surface area contributed by atoms with Crippen molar-refractivity contribution in [2.24, 2.45) is 23.7 Å². The van der Waals surface area contributed by atoms with E-state index in [1.807, 2.05) is 24.3 Å². The van der Waals surface area contributed by atoms with Gasteiger partial charge >= 0.3 is 5.97 Å². The fraction of sp³-hybridized carbons (Fsp3) is 0.708. The van der Waals surface area contributed by atoms with Gasteiger partial charge in [0, 0.05) is 0 Å². The van der Waals surface area contributed by atoms with Crippen LogP contribution in [0, 0.1) is 23.7 Å². The first-order chi connectivity index (χ1) is 12.7. The Labute approximate surface area is 159 Å². The SMILES string of the molecule is CCCC1CCC(C2CCC(C(=O)Oc3ccc(CC)cc3)CC2)CC1. The second-order valence-electron chi connectivity index (χ2n) is 8.60. The van der Waals surface area contributed by atoms with Crippen molar-refractivity contribution < 1.29 is 9.53 Å².